The first kappa shape index (κ1) is 8.75. The van der Waals surface area contributed by atoms with Crippen molar-refractivity contribution in [3.05, 3.63) is 12.2 Å². The van der Waals surface area contributed by atoms with E-state index in [0.29, 0.717) is 11.8 Å². The Kier molecular flexibility index (Phi) is 1.91. The summed E-state index contributed by atoms with van der Waals surface area (Å²) in [7, 11) is 0. The fourth-order valence-corrected chi connectivity index (χ4v) is 2.80. The SMILES string of the molecule is O=C(O)CC1(CO)CC2C=CC1C2. The van der Waals surface area contributed by atoms with Crippen LogP contribution in [-0.4, -0.2) is 22.8 Å². The Balaban J connectivity index is 2.17. The van der Waals surface area contributed by atoms with E-state index in [1.807, 2.05) is 0 Å². The van der Waals surface area contributed by atoms with Gasteiger partial charge in [0.25, 0.3) is 0 Å². The summed E-state index contributed by atoms with van der Waals surface area (Å²) in [5, 5.41) is 18.1. The summed E-state index contributed by atoms with van der Waals surface area (Å²) in [5.41, 5.74) is -0.356. The number of fused-ring (bicyclic) bond motifs is 2. The molecule has 0 aromatic carbocycles. The van der Waals surface area contributed by atoms with Crippen molar-refractivity contribution in [2.75, 3.05) is 6.61 Å². The number of allylic oxidation sites excluding steroid dienone is 2. The molecule has 0 spiro atoms. The molecule has 1 saturated carbocycles. The van der Waals surface area contributed by atoms with Crippen LogP contribution in [-0.2, 0) is 4.79 Å². The van der Waals surface area contributed by atoms with Crippen molar-refractivity contribution >= 4 is 5.97 Å². The molecule has 0 aliphatic heterocycles. The molecule has 0 amide bonds. The molecule has 72 valence electrons. The van der Waals surface area contributed by atoms with E-state index in [1.165, 1.54) is 0 Å². The van der Waals surface area contributed by atoms with Gasteiger partial charge in [-0.3, -0.25) is 4.79 Å². The second-order valence-corrected chi connectivity index (χ2v) is 4.28. The minimum atomic E-state index is -0.796. The van der Waals surface area contributed by atoms with E-state index in [1.54, 1.807) is 0 Å². The number of aliphatic hydroxyl groups excluding tert-OH is 1. The lowest BCUT2D eigenvalue weighted by Gasteiger charge is -2.31. The van der Waals surface area contributed by atoms with Gasteiger partial charge in [-0.15, -0.1) is 0 Å². The predicted molar refractivity (Wildman–Crippen MR) is 47.1 cm³/mol. The number of carboxylic acid groups (broad SMARTS) is 1. The van der Waals surface area contributed by atoms with E-state index < -0.39 is 5.97 Å². The third-order valence-electron chi connectivity index (χ3n) is 3.45. The summed E-state index contributed by atoms with van der Waals surface area (Å²) in [6.07, 6.45) is 6.22. The van der Waals surface area contributed by atoms with Gasteiger partial charge in [-0.05, 0) is 24.7 Å². The van der Waals surface area contributed by atoms with Crippen molar-refractivity contribution in [2.24, 2.45) is 17.3 Å². The summed E-state index contributed by atoms with van der Waals surface area (Å²) in [5.74, 6) is 0.00472. The zero-order chi connectivity index (χ0) is 9.47. The van der Waals surface area contributed by atoms with Crippen molar-refractivity contribution in [3.8, 4) is 0 Å². The molecule has 2 aliphatic carbocycles. The van der Waals surface area contributed by atoms with Crippen molar-refractivity contribution in [1.82, 2.24) is 0 Å². The molecule has 3 nitrogen and oxygen atoms in total. The molecule has 0 heterocycles. The number of rotatable bonds is 3. The van der Waals surface area contributed by atoms with Crippen LogP contribution in [0, 0.1) is 17.3 Å². The van der Waals surface area contributed by atoms with Crippen LogP contribution in [0.2, 0.25) is 0 Å². The summed E-state index contributed by atoms with van der Waals surface area (Å²) in [6, 6.07) is 0. The van der Waals surface area contributed by atoms with Crippen molar-refractivity contribution in [3.63, 3.8) is 0 Å². The molecule has 2 N–H and O–H groups in total. The molecule has 2 rings (SSSR count). The monoisotopic (exact) mass is 182 g/mol. The van der Waals surface area contributed by atoms with Crippen LogP contribution in [0.4, 0.5) is 0 Å². The lowest BCUT2D eigenvalue weighted by molar-refractivity contribution is -0.141. The zero-order valence-electron chi connectivity index (χ0n) is 7.44. The Bertz CT molecular complexity index is 259. The molecule has 0 saturated heterocycles. The van der Waals surface area contributed by atoms with E-state index >= 15 is 0 Å². The molecular formula is C10H14O3. The van der Waals surface area contributed by atoms with Crippen LogP contribution in [0.3, 0.4) is 0 Å². The first-order valence-electron chi connectivity index (χ1n) is 4.67. The summed E-state index contributed by atoms with van der Waals surface area (Å²) < 4.78 is 0. The fourth-order valence-electron chi connectivity index (χ4n) is 2.80. The lowest BCUT2D eigenvalue weighted by atomic mass is 9.74. The number of aliphatic hydroxyl groups is 1. The Labute approximate surface area is 77.1 Å². The van der Waals surface area contributed by atoms with E-state index in [9.17, 15) is 9.90 Å². The number of aliphatic carboxylic acids is 1. The van der Waals surface area contributed by atoms with Gasteiger partial charge in [-0.25, -0.2) is 0 Å². The summed E-state index contributed by atoms with van der Waals surface area (Å²) in [6.45, 7) is 0.00477. The average Bonchev–Trinajstić information content (AvgIpc) is 2.62. The van der Waals surface area contributed by atoms with Gasteiger partial charge >= 0.3 is 5.97 Å². The van der Waals surface area contributed by atoms with Gasteiger partial charge in [0.15, 0.2) is 0 Å². The second-order valence-electron chi connectivity index (χ2n) is 4.28. The van der Waals surface area contributed by atoms with Crippen LogP contribution < -0.4 is 0 Å². The molecule has 3 unspecified atom stereocenters. The van der Waals surface area contributed by atoms with Crippen molar-refractivity contribution < 1.29 is 15.0 Å². The largest absolute Gasteiger partial charge is 0.481 e. The standard InChI is InChI=1S/C10H14O3/c11-6-10(5-9(12)13)4-7-1-2-8(10)3-7/h1-2,7-8,11H,3-6H2,(H,12,13). The maximum absolute atomic E-state index is 10.7. The van der Waals surface area contributed by atoms with Crippen LogP contribution in [0.15, 0.2) is 12.2 Å². The third-order valence-corrected chi connectivity index (χ3v) is 3.45. The van der Waals surface area contributed by atoms with E-state index in [2.05, 4.69) is 12.2 Å². The molecule has 2 aliphatic rings. The number of carboxylic acids is 1. The maximum atomic E-state index is 10.7. The predicted octanol–water partition coefficient (Wildman–Crippen LogP) is 1.04. The number of carbonyl (C=O) groups is 1. The first-order chi connectivity index (χ1) is 6.16. The minimum absolute atomic E-state index is 0.00477. The quantitative estimate of drug-likeness (QED) is 0.641. The molecular weight excluding hydrogens is 168 g/mol. The van der Waals surface area contributed by atoms with E-state index in [-0.39, 0.29) is 18.4 Å². The smallest absolute Gasteiger partial charge is 0.304 e. The zero-order valence-corrected chi connectivity index (χ0v) is 7.44. The Hall–Kier alpha value is -0.830. The van der Waals surface area contributed by atoms with Crippen LogP contribution in [0.25, 0.3) is 0 Å². The van der Waals surface area contributed by atoms with E-state index in [0.717, 1.165) is 12.8 Å². The van der Waals surface area contributed by atoms with Crippen LogP contribution in [0.5, 0.6) is 0 Å². The topological polar surface area (TPSA) is 57.5 Å². The average molecular weight is 182 g/mol. The van der Waals surface area contributed by atoms with Crippen LogP contribution in [0.1, 0.15) is 19.3 Å². The summed E-state index contributed by atoms with van der Waals surface area (Å²) in [4.78, 5) is 10.7. The van der Waals surface area contributed by atoms with Crippen LogP contribution >= 0.6 is 0 Å². The normalized spacial score (nSPS) is 41.3. The van der Waals surface area contributed by atoms with Gasteiger partial charge in [0.1, 0.15) is 0 Å². The van der Waals surface area contributed by atoms with Crippen molar-refractivity contribution in [2.45, 2.75) is 19.3 Å². The molecule has 13 heavy (non-hydrogen) atoms. The molecule has 0 aromatic rings. The molecule has 1 fully saturated rings. The highest BCUT2D eigenvalue weighted by Crippen LogP contribution is 2.53. The molecule has 3 heteroatoms. The maximum Gasteiger partial charge on any atom is 0.304 e. The fraction of sp³-hybridized carbons (Fsp3) is 0.700. The van der Waals surface area contributed by atoms with Gasteiger partial charge in [0, 0.05) is 12.0 Å². The van der Waals surface area contributed by atoms with Gasteiger partial charge in [0.05, 0.1) is 6.42 Å². The Morgan fingerprint density at radius 1 is 1.54 bits per heavy atom. The highest BCUT2D eigenvalue weighted by atomic mass is 16.4. The van der Waals surface area contributed by atoms with Gasteiger partial charge < -0.3 is 10.2 Å². The Morgan fingerprint density at radius 2 is 2.31 bits per heavy atom. The number of hydrogen-bond donors (Lipinski definition) is 2. The Morgan fingerprint density at radius 3 is 2.69 bits per heavy atom. The van der Waals surface area contributed by atoms with E-state index in [4.69, 9.17) is 5.11 Å². The molecule has 3 atom stereocenters. The second kappa shape index (κ2) is 2.84. The minimum Gasteiger partial charge on any atom is -0.481 e. The molecule has 2 bridgehead atoms. The van der Waals surface area contributed by atoms with Gasteiger partial charge in [-0.1, -0.05) is 12.2 Å². The summed E-state index contributed by atoms with van der Waals surface area (Å²) >= 11 is 0. The van der Waals surface area contributed by atoms with Crippen molar-refractivity contribution in [1.29, 1.82) is 0 Å². The third kappa shape index (κ3) is 1.27. The van der Waals surface area contributed by atoms with Gasteiger partial charge in [0.2, 0.25) is 0 Å². The number of hydrogen-bond acceptors (Lipinski definition) is 2. The van der Waals surface area contributed by atoms with Gasteiger partial charge in [-0.2, -0.15) is 0 Å². The highest BCUT2D eigenvalue weighted by molar-refractivity contribution is 5.68. The lowest BCUT2D eigenvalue weighted by Crippen LogP contribution is -2.32. The highest BCUT2D eigenvalue weighted by Gasteiger charge is 2.48. The first-order valence-corrected chi connectivity index (χ1v) is 4.67. The molecule has 0 radical (unpaired) electrons. The molecule has 0 aromatic heterocycles.